The summed E-state index contributed by atoms with van der Waals surface area (Å²) in [5.74, 6) is -0.390. The van der Waals surface area contributed by atoms with Crippen LogP contribution in [0.25, 0.3) is 0 Å². The molecule has 1 aromatic carbocycles. The van der Waals surface area contributed by atoms with E-state index in [0.29, 0.717) is 18.7 Å². The average Bonchev–Trinajstić information content (AvgIpc) is 2.68. The van der Waals surface area contributed by atoms with Gasteiger partial charge >= 0.3 is 0 Å². The molecule has 2 fully saturated rings. The van der Waals surface area contributed by atoms with Crippen molar-refractivity contribution < 1.29 is 18.0 Å². The number of rotatable bonds is 4. The summed E-state index contributed by atoms with van der Waals surface area (Å²) in [5, 5.41) is 2.50. The van der Waals surface area contributed by atoms with Gasteiger partial charge in [0.25, 0.3) is 5.91 Å². The van der Waals surface area contributed by atoms with Gasteiger partial charge < -0.3 is 10.2 Å². The molecule has 0 aromatic heterocycles. The van der Waals surface area contributed by atoms with Crippen LogP contribution in [-0.2, 0) is 14.8 Å². The van der Waals surface area contributed by atoms with Crippen molar-refractivity contribution in [2.75, 3.05) is 26.7 Å². The number of nitrogens with zero attached hydrogens (tertiary/aromatic N) is 2. The smallest absolute Gasteiger partial charge is 0.251 e. The lowest BCUT2D eigenvalue weighted by Gasteiger charge is -2.40. The molecule has 2 amide bonds. The highest BCUT2D eigenvalue weighted by atomic mass is 32.2. The van der Waals surface area contributed by atoms with Crippen LogP contribution in [0.5, 0.6) is 0 Å². The van der Waals surface area contributed by atoms with Crippen LogP contribution in [0, 0.1) is 0 Å². The Morgan fingerprint density at radius 3 is 2.31 bits per heavy atom. The van der Waals surface area contributed by atoms with Gasteiger partial charge in [-0.25, -0.2) is 8.42 Å². The largest absolute Gasteiger partial charge is 0.355 e. The van der Waals surface area contributed by atoms with Crippen molar-refractivity contribution in [1.82, 2.24) is 14.5 Å². The fourth-order valence-corrected chi connectivity index (χ4v) is 5.10. The summed E-state index contributed by atoms with van der Waals surface area (Å²) in [6, 6.07) is 6.04. The zero-order chi connectivity index (χ0) is 18.7. The van der Waals surface area contributed by atoms with Gasteiger partial charge in [-0.1, -0.05) is 19.3 Å². The number of nitrogens with one attached hydrogen (secondary N) is 1. The van der Waals surface area contributed by atoms with Crippen LogP contribution in [0.3, 0.4) is 0 Å². The van der Waals surface area contributed by atoms with Gasteiger partial charge in [-0.05, 0) is 37.1 Å². The van der Waals surface area contributed by atoms with E-state index in [1.165, 1.54) is 42.0 Å². The Labute approximate surface area is 154 Å². The molecular weight excluding hydrogens is 354 g/mol. The molecular formula is C18H25N3O4S. The number of hydrogen-bond acceptors (Lipinski definition) is 4. The SMILES string of the molecule is CNC(=O)c1ccc(S(=O)(=O)N2CCN(C3CCCCC3)C(=O)C2)cc1. The minimum absolute atomic E-state index is 0.101. The molecule has 1 saturated carbocycles. The number of hydrogen-bond donors (Lipinski definition) is 1. The minimum Gasteiger partial charge on any atom is -0.355 e. The van der Waals surface area contributed by atoms with Crippen LogP contribution in [0.15, 0.2) is 29.2 Å². The van der Waals surface area contributed by atoms with Crippen LogP contribution in [-0.4, -0.2) is 62.2 Å². The third kappa shape index (κ3) is 3.76. The molecule has 1 aliphatic heterocycles. The summed E-state index contributed by atoms with van der Waals surface area (Å²) >= 11 is 0. The van der Waals surface area contributed by atoms with Crippen molar-refractivity contribution in [1.29, 1.82) is 0 Å². The molecule has 1 aliphatic carbocycles. The van der Waals surface area contributed by atoms with E-state index in [9.17, 15) is 18.0 Å². The first kappa shape index (κ1) is 18.8. The molecule has 26 heavy (non-hydrogen) atoms. The van der Waals surface area contributed by atoms with E-state index in [1.807, 2.05) is 4.90 Å². The minimum atomic E-state index is -3.74. The van der Waals surface area contributed by atoms with Crippen molar-refractivity contribution in [2.24, 2.45) is 0 Å². The Morgan fingerprint density at radius 1 is 1.08 bits per heavy atom. The van der Waals surface area contributed by atoms with E-state index in [-0.39, 0.29) is 29.3 Å². The standard InChI is InChI=1S/C18H25N3O4S/c1-19-18(23)14-7-9-16(10-8-14)26(24,25)20-11-12-21(17(22)13-20)15-5-3-2-4-6-15/h7-10,15H,2-6,11-13H2,1H3,(H,19,23). The van der Waals surface area contributed by atoms with Gasteiger partial charge in [-0.15, -0.1) is 0 Å². The monoisotopic (exact) mass is 379 g/mol. The lowest BCUT2D eigenvalue weighted by Crippen LogP contribution is -2.55. The maximum atomic E-state index is 12.8. The number of amides is 2. The Bertz CT molecular complexity index is 770. The third-order valence-corrected chi connectivity index (χ3v) is 7.08. The van der Waals surface area contributed by atoms with Gasteiger partial charge in [0, 0.05) is 31.7 Å². The maximum Gasteiger partial charge on any atom is 0.251 e. The number of carbonyl (C=O) groups excluding carboxylic acids is 2. The first-order valence-corrected chi connectivity index (χ1v) is 10.5. The Balaban J connectivity index is 1.70. The lowest BCUT2D eigenvalue weighted by molar-refractivity contribution is -0.137. The molecule has 2 aliphatic rings. The van der Waals surface area contributed by atoms with Crippen LogP contribution >= 0.6 is 0 Å². The zero-order valence-electron chi connectivity index (χ0n) is 15.0. The topological polar surface area (TPSA) is 86.8 Å². The van der Waals surface area contributed by atoms with Gasteiger partial charge in [0.05, 0.1) is 11.4 Å². The first-order valence-electron chi connectivity index (χ1n) is 9.05. The normalized spacial score (nSPS) is 20.2. The van der Waals surface area contributed by atoms with Gasteiger partial charge in [-0.2, -0.15) is 4.31 Å². The van der Waals surface area contributed by atoms with Crippen molar-refractivity contribution in [3.63, 3.8) is 0 Å². The average molecular weight is 379 g/mol. The molecule has 8 heteroatoms. The summed E-state index contributed by atoms with van der Waals surface area (Å²) in [6.45, 7) is 0.636. The van der Waals surface area contributed by atoms with Crippen LogP contribution < -0.4 is 5.32 Å². The van der Waals surface area contributed by atoms with E-state index in [4.69, 9.17) is 0 Å². The molecule has 0 atom stereocenters. The molecule has 1 saturated heterocycles. The molecule has 0 unspecified atom stereocenters. The van der Waals surface area contributed by atoms with E-state index >= 15 is 0 Å². The predicted octanol–water partition coefficient (Wildman–Crippen LogP) is 1.21. The Morgan fingerprint density at radius 2 is 1.73 bits per heavy atom. The van der Waals surface area contributed by atoms with Crippen molar-refractivity contribution >= 4 is 21.8 Å². The number of carbonyl (C=O) groups is 2. The summed E-state index contributed by atoms with van der Waals surface area (Å²) in [4.78, 5) is 26.1. The number of sulfonamides is 1. The molecule has 1 heterocycles. The van der Waals surface area contributed by atoms with E-state index < -0.39 is 10.0 Å². The first-order chi connectivity index (χ1) is 12.4. The third-order valence-electron chi connectivity index (χ3n) is 5.22. The molecule has 0 spiro atoms. The van der Waals surface area contributed by atoms with Crippen LogP contribution in [0.4, 0.5) is 0 Å². The van der Waals surface area contributed by atoms with Crippen LogP contribution in [0.2, 0.25) is 0 Å². The summed E-state index contributed by atoms with van der Waals surface area (Å²) in [5.41, 5.74) is 0.393. The number of piperazine rings is 1. The van der Waals surface area contributed by atoms with Gasteiger partial charge in [0.2, 0.25) is 15.9 Å². The van der Waals surface area contributed by atoms with Crippen molar-refractivity contribution in [2.45, 2.75) is 43.0 Å². The van der Waals surface area contributed by atoms with E-state index in [2.05, 4.69) is 5.32 Å². The van der Waals surface area contributed by atoms with Gasteiger partial charge in [0.1, 0.15) is 0 Å². The molecule has 142 valence electrons. The second-order valence-corrected chi connectivity index (χ2v) is 8.76. The molecule has 1 N–H and O–H groups in total. The zero-order valence-corrected chi connectivity index (χ0v) is 15.8. The Hall–Kier alpha value is -1.93. The number of benzene rings is 1. The van der Waals surface area contributed by atoms with Gasteiger partial charge in [-0.3, -0.25) is 9.59 Å². The lowest BCUT2D eigenvalue weighted by atomic mass is 9.94. The second-order valence-electron chi connectivity index (χ2n) is 6.82. The highest BCUT2D eigenvalue weighted by Gasteiger charge is 2.35. The molecule has 3 rings (SSSR count). The van der Waals surface area contributed by atoms with Crippen molar-refractivity contribution in [3.05, 3.63) is 29.8 Å². The van der Waals surface area contributed by atoms with E-state index in [0.717, 1.165) is 25.7 Å². The maximum absolute atomic E-state index is 12.8. The highest BCUT2D eigenvalue weighted by molar-refractivity contribution is 7.89. The quantitative estimate of drug-likeness (QED) is 0.852. The van der Waals surface area contributed by atoms with Crippen LogP contribution in [0.1, 0.15) is 42.5 Å². The summed E-state index contributed by atoms with van der Waals surface area (Å²) < 4.78 is 26.9. The van der Waals surface area contributed by atoms with Crippen molar-refractivity contribution in [3.8, 4) is 0 Å². The summed E-state index contributed by atoms with van der Waals surface area (Å²) in [6.07, 6.45) is 5.51. The Kier molecular flexibility index (Phi) is 5.62. The second kappa shape index (κ2) is 7.75. The summed E-state index contributed by atoms with van der Waals surface area (Å²) in [7, 11) is -2.23. The fraction of sp³-hybridized carbons (Fsp3) is 0.556. The van der Waals surface area contributed by atoms with E-state index in [1.54, 1.807) is 0 Å². The molecule has 7 nitrogen and oxygen atoms in total. The molecule has 1 aromatic rings. The molecule has 0 radical (unpaired) electrons. The molecule has 0 bridgehead atoms. The van der Waals surface area contributed by atoms with Gasteiger partial charge in [0.15, 0.2) is 0 Å². The fourth-order valence-electron chi connectivity index (χ4n) is 3.72. The predicted molar refractivity (Wildman–Crippen MR) is 97.2 cm³/mol. The highest BCUT2D eigenvalue weighted by Crippen LogP contribution is 2.25.